The van der Waals surface area contributed by atoms with Crippen LogP contribution in [0, 0.1) is 6.92 Å². The SMILES string of the molecule is Cc1cccc(CN(C(=O)CCCOc2ccccc2)[C@H](Cc2ccccc2)C(=O)NC(C)C)c1. The van der Waals surface area contributed by atoms with Crippen LogP contribution >= 0.6 is 0 Å². The van der Waals surface area contributed by atoms with Crippen LogP contribution in [-0.4, -0.2) is 35.4 Å². The fourth-order valence-corrected chi connectivity index (χ4v) is 4.02. The monoisotopic (exact) mass is 472 g/mol. The molecular weight excluding hydrogens is 436 g/mol. The van der Waals surface area contributed by atoms with E-state index in [1.165, 1.54) is 0 Å². The molecule has 0 aliphatic carbocycles. The van der Waals surface area contributed by atoms with E-state index in [2.05, 4.69) is 11.4 Å². The summed E-state index contributed by atoms with van der Waals surface area (Å²) in [5.74, 6) is 0.600. The molecular formula is C30H36N2O3. The molecule has 0 aliphatic heterocycles. The van der Waals surface area contributed by atoms with Crippen LogP contribution in [0.2, 0.25) is 0 Å². The molecule has 0 unspecified atom stereocenters. The summed E-state index contributed by atoms with van der Waals surface area (Å²) in [5.41, 5.74) is 3.15. The molecule has 1 atom stereocenters. The molecule has 0 heterocycles. The Bertz CT molecular complexity index is 1070. The number of aryl methyl sites for hydroxylation is 1. The third-order valence-corrected chi connectivity index (χ3v) is 5.68. The topological polar surface area (TPSA) is 58.6 Å². The van der Waals surface area contributed by atoms with E-state index in [1.807, 2.05) is 99.6 Å². The number of ether oxygens (including phenoxy) is 1. The molecule has 0 aromatic heterocycles. The standard InChI is InChI=1S/C30H36N2O3/c1-23(2)31-30(34)28(21-25-13-6-4-7-14-25)32(22-26-15-10-12-24(3)20-26)29(33)18-11-19-35-27-16-8-5-9-17-27/h4-10,12-17,20,23,28H,11,18-19,21-22H2,1-3H3,(H,31,34)/t28-/m1/s1. The van der Waals surface area contributed by atoms with E-state index in [-0.39, 0.29) is 17.9 Å². The summed E-state index contributed by atoms with van der Waals surface area (Å²) in [4.78, 5) is 28.6. The molecule has 184 valence electrons. The van der Waals surface area contributed by atoms with Gasteiger partial charge < -0.3 is 15.0 Å². The van der Waals surface area contributed by atoms with E-state index in [4.69, 9.17) is 4.74 Å². The first-order chi connectivity index (χ1) is 16.9. The molecule has 5 heteroatoms. The highest BCUT2D eigenvalue weighted by Crippen LogP contribution is 2.18. The van der Waals surface area contributed by atoms with Gasteiger partial charge >= 0.3 is 0 Å². The number of hydrogen-bond donors (Lipinski definition) is 1. The molecule has 0 bridgehead atoms. The van der Waals surface area contributed by atoms with Gasteiger partial charge in [0.2, 0.25) is 11.8 Å². The Kier molecular flexibility index (Phi) is 9.91. The van der Waals surface area contributed by atoms with Gasteiger partial charge in [-0.2, -0.15) is 0 Å². The molecule has 5 nitrogen and oxygen atoms in total. The Morgan fingerprint density at radius 3 is 2.20 bits per heavy atom. The van der Waals surface area contributed by atoms with Crippen molar-refractivity contribution in [1.82, 2.24) is 10.2 Å². The summed E-state index contributed by atoms with van der Waals surface area (Å²) in [6.07, 6.45) is 1.33. The normalized spacial score (nSPS) is 11.7. The van der Waals surface area contributed by atoms with Crippen LogP contribution < -0.4 is 10.1 Å². The summed E-state index contributed by atoms with van der Waals surface area (Å²) < 4.78 is 5.78. The van der Waals surface area contributed by atoms with Gasteiger partial charge in [0.25, 0.3) is 0 Å². The van der Waals surface area contributed by atoms with E-state index in [0.717, 1.165) is 22.4 Å². The van der Waals surface area contributed by atoms with E-state index in [0.29, 0.717) is 32.4 Å². The zero-order valence-corrected chi connectivity index (χ0v) is 20.9. The lowest BCUT2D eigenvalue weighted by Gasteiger charge is -2.32. The fraction of sp³-hybridized carbons (Fsp3) is 0.333. The Morgan fingerprint density at radius 2 is 1.54 bits per heavy atom. The first-order valence-electron chi connectivity index (χ1n) is 12.3. The summed E-state index contributed by atoms with van der Waals surface area (Å²) in [6.45, 7) is 6.72. The number of nitrogens with one attached hydrogen (secondary N) is 1. The quantitative estimate of drug-likeness (QED) is 0.363. The van der Waals surface area contributed by atoms with Gasteiger partial charge in [0.15, 0.2) is 0 Å². The Labute approximate surface area is 209 Å². The molecule has 0 spiro atoms. The molecule has 3 aromatic rings. The molecule has 0 saturated carbocycles. The smallest absolute Gasteiger partial charge is 0.243 e. The van der Waals surface area contributed by atoms with Crippen molar-refractivity contribution in [2.45, 2.75) is 58.7 Å². The zero-order chi connectivity index (χ0) is 25.0. The van der Waals surface area contributed by atoms with Gasteiger partial charge in [-0.1, -0.05) is 78.4 Å². The first-order valence-corrected chi connectivity index (χ1v) is 12.3. The van der Waals surface area contributed by atoms with Crippen LogP contribution in [-0.2, 0) is 22.6 Å². The maximum Gasteiger partial charge on any atom is 0.243 e. The van der Waals surface area contributed by atoms with Gasteiger partial charge in [0, 0.05) is 25.4 Å². The van der Waals surface area contributed by atoms with Crippen molar-refractivity contribution in [3.63, 3.8) is 0 Å². The lowest BCUT2D eigenvalue weighted by Crippen LogP contribution is -2.51. The molecule has 0 fully saturated rings. The lowest BCUT2D eigenvalue weighted by molar-refractivity contribution is -0.141. The predicted molar refractivity (Wildman–Crippen MR) is 140 cm³/mol. The summed E-state index contributed by atoms with van der Waals surface area (Å²) in [5, 5.41) is 3.03. The highest BCUT2D eigenvalue weighted by Gasteiger charge is 2.30. The number of hydrogen-bond acceptors (Lipinski definition) is 3. The number of carbonyl (C=O) groups excluding carboxylic acids is 2. The van der Waals surface area contributed by atoms with Crippen LogP contribution in [0.1, 0.15) is 43.4 Å². The minimum Gasteiger partial charge on any atom is -0.494 e. The second-order valence-electron chi connectivity index (χ2n) is 9.14. The average molecular weight is 473 g/mol. The summed E-state index contributed by atoms with van der Waals surface area (Å²) in [7, 11) is 0. The zero-order valence-electron chi connectivity index (χ0n) is 20.9. The minimum absolute atomic E-state index is 0.0176. The molecule has 1 N–H and O–H groups in total. The van der Waals surface area contributed by atoms with Crippen molar-refractivity contribution in [2.24, 2.45) is 0 Å². The summed E-state index contributed by atoms with van der Waals surface area (Å²) >= 11 is 0. The number of para-hydroxylation sites is 1. The highest BCUT2D eigenvalue weighted by atomic mass is 16.5. The minimum atomic E-state index is -0.608. The van der Waals surface area contributed by atoms with Crippen LogP contribution in [0.4, 0.5) is 0 Å². The van der Waals surface area contributed by atoms with Gasteiger partial charge in [-0.25, -0.2) is 0 Å². The lowest BCUT2D eigenvalue weighted by atomic mass is 10.0. The van der Waals surface area contributed by atoms with Gasteiger partial charge in [-0.3, -0.25) is 9.59 Å². The van der Waals surface area contributed by atoms with Gasteiger partial charge in [0.05, 0.1) is 6.61 Å². The van der Waals surface area contributed by atoms with Gasteiger partial charge in [-0.15, -0.1) is 0 Å². The molecule has 3 rings (SSSR count). The van der Waals surface area contributed by atoms with E-state index >= 15 is 0 Å². The van der Waals surface area contributed by atoms with E-state index < -0.39 is 6.04 Å². The van der Waals surface area contributed by atoms with Crippen molar-refractivity contribution in [3.05, 3.63) is 102 Å². The Morgan fingerprint density at radius 1 is 0.886 bits per heavy atom. The van der Waals surface area contributed by atoms with Crippen LogP contribution in [0.5, 0.6) is 5.75 Å². The molecule has 0 saturated heterocycles. The number of rotatable bonds is 12. The molecule has 3 aromatic carbocycles. The summed E-state index contributed by atoms with van der Waals surface area (Å²) in [6, 6.07) is 26.9. The van der Waals surface area contributed by atoms with Crippen LogP contribution in [0.25, 0.3) is 0 Å². The second kappa shape index (κ2) is 13.3. The van der Waals surface area contributed by atoms with Crippen molar-refractivity contribution in [1.29, 1.82) is 0 Å². The van der Waals surface area contributed by atoms with Crippen LogP contribution in [0.3, 0.4) is 0 Å². The third-order valence-electron chi connectivity index (χ3n) is 5.68. The van der Waals surface area contributed by atoms with E-state index in [9.17, 15) is 9.59 Å². The van der Waals surface area contributed by atoms with E-state index in [1.54, 1.807) is 4.90 Å². The van der Waals surface area contributed by atoms with Gasteiger partial charge in [-0.05, 0) is 50.5 Å². The van der Waals surface area contributed by atoms with Gasteiger partial charge in [0.1, 0.15) is 11.8 Å². The second-order valence-corrected chi connectivity index (χ2v) is 9.14. The Hall–Kier alpha value is -3.60. The maximum atomic E-state index is 13.6. The molecule has 0 aliphatic rings. The molecule has 2 amide bonds. The van der Waals surface area contributed by atoms with Crippen molar-refractivity contribution >= 4 is 11.8 Å². The molecule has 35 heavy (non-hydrogen) atoms. The third kappa shape index (κ3) is 8.60. The predicted octanol–water partition coefficient (Wildman–Crippen LogP) is 5.32. The van der Waals surface area contributed by atoms with Crippen molar-refractivity contribution in [3.8, 4) is 5.75 Å². The maximum absolute atomic E-state index is 13.6. The largest absolute Gasteiger partial charge is 0.494 e. The Balaban J connectivity index is 1.79. The number of benzene rings is 3. The molecule has 0 radical (unpaired) electrons. The van der Waals surface area contributed by atoms with Crippen LogP contribution in [0.15, 0.2) is 84.9 Å². The van der Waals surface area contributed by atoms with Crippen molar-refractivity contribution in [2.75, 3.05) is 6.61 Å². The number of nitrogens with zero attached hydrogens (tertiary/aromatic N) is 1. The number of carbonyl (C=O) groups is 2. The number of amides is 2. The highest BCUT2D eigenvalue weighted by molar-refractivity contribution is 5.88. The van der Waals surface area contributed by atoms with Crippen molar-refractivity contribution < 1.29 is 14.3 Å². The average Bonchev–Trinajstić information content (AvgIpc) is 2.85. The fourth-order valence-electron chi connectivity index (χ4n) is 4.02. The first kappa shape index (κ1) is 26.0.